The minimum absolute atomic E-state index is 0.0589. The molecule has 3 aromatic carbocycles. The summed E-state index contributed by atoms with van der Waals surface area (Å²) >= 11 is 0. The predicted octanol–water partition coefficient (Wildman–Crippen LogP) is 5.18. The molecule has 3 rings (SSSR count). The van der Waals surface area contributed by atoms with Crippen molar-refractivity contribution in [1.29, 1.82) is 0 Å². The maximum atomic E-state index is 14.0. The minimum atomic E-state index is -4.27. The molecule has 1 atom stereocenters. The molecule has 3 aromatic rings. The standard InChI is InChI=1S/C32H40FN3O5S/c1-6-29(31(38)34-32(3,4)5)35(22-21-24-11-9-8-10-12-24)30(37)23-36(26-15-13-25(33)14-16-26)42(39,40)28-19-17-27(18-20-28)41-7-2/h8-20,29H,6-7,21-23H2,1-5H3,(H,34,38)/t29-/m1/s1. The number of hydrogen-bond donors (Lipinski definition) is 1. The second-order valence-corrected chi connectivity index (χ2v) is 12.7. The van der Waals surface area contributed by atoms with Crippen molar-refractivity contribution in [3.63, 3.8) is 0 Å². The molecule has 0 heterocycles. The average Bonchev–Trinajstić information content (AvgIpc) is 2.94. The van der Waals surface area contributed by atoms with E-state index in [2.05, 4.69) is 5.32 Å². The number of benzene rings is 3. The number of rotatable bonds is 13. The zero-order chi connectivity index (χ0) is 30.9. The number of nitrogens with one attached hydrogen (secondary N) is 1. The summed E-state index contributed by atoms with van der Waals surface area (Å²) in [5.74, 6) is -0.920. The molecule has 0 bridgehead atoms. The second kappa shape index (κ2) is 14.3. The SMILES string of the molecule is CCOc1ccc(S(=O)(=O)N(CC(=O)N(CCc2ccccc2)[C@H](CC)C(=O)NC(C)(C)C)c2ccc(F)cc2)cc1. The molecular formula is C32H40FN3O5S. The van der Waals surface area contributed by atoms with Crippen molar-refractivity contribution in [3.05, 3.63) is 90.2 Å². The van der Waals surface area contributed by atoms with Crippen LogP contribution in [0.3, 0.4) is 0 Å². The summed E-state index contributed by atoms with van der Waals surface area (Å²) in [7, 11) is -4.27. The van der Waals surface area contributed by atoms with E-state index >= 15 is 0 Å². The molecule has 42 heavy (non-hydrogen) atoms. The van der Waals surface area contributed by atoms with Crippen LogP contribution in [0.25, 0.3) is 0 Å². The van der Waals surface area contributed by atoms with E-state index in [0.29, 0.717) is 25.2 Å². The molecule has 0 aliphatic carbocycles. The van der Waals surface area contributed by atoms with Crippen molar-refractivity contribution in [2.45, 2.75) is 63.9 Å². The molecule has 0 unspecified atom stereocenters. The van der Waals surface area contributed by atoms with Gasteiger partial charge in [0, 0.05) is 12.1 Å². The molecule has 2 amide bonds. The van der Waals surface area contributed by atoms with Crippen LogP contribution in [-0.4, -0.2) is 56.4 Å². The highest BCUT2D eigenvalue weighted by Gasteiger charge is 2.34. The fourth-order valence-corrected chi connectivity index (χ4v) is 5.90. The lowest BCUT2D eigenvalue weighted by atomic mass is 10.1. The van der Waals surface area contributed by atoms with Gasteiger partial charge < -0.3 is 15.0 Å². The number of hydrogen-bond acceptors (Lipinski definition) is 5. The van der Waals surface area contributed by atoms with Gasteiger partial charge in [0.15, 0.2) is 0 Å². The third kappa shape index (κ3) is 8.79. The topological polar surface area (TPSA) is 96.0 Å². The molecule has 0 aliphatic heterocycles. The van der Waals surface area contributed by atoms with Gasteiger partial charge in [-0.1, -0.05) is 37.3 Å². The third-order valence-electron chi connectivity index (χ3n) is 6.48. The number of carbonyl (C=O) groups excluding carboxylic acids is 2. The van der Waals surface area contributed by atoms with Crippen molar-refractivity contribution in [2.75, 3.05) is 24.0 Å². The van der Waals surface area contributed by atoms with Crippen molar-refractivity contribution < 1.29 is 27.1 Å². The molecule has 1 N–H and O–H groups in total. The van der Waals surface area contributed by atoms with Gasteiger partial charge in [0.1, 0.15) is 24.2 Å². The second-order valence-electron chi connectivity index (χ2n) is 10.9. The first kappa shape index (κ1) is 32.6. The van der Waals surface area contributed by atoms with Crippen LogP contribution in [0.15, 0.2) is 83.8 Å². The lowest BCUT2D eigenvalue weighted by molar-refractivity contribution is -0.140. The van der Waals surface area contributed by atoms with Crippen molar-refractivity contribution >= 4 is 27.5 Å². The van der Waals surface area contributed by atoms with E-state index in [0.717, 1.165) is 22.0 Å². The number of amides is 2. The quantitative estimate of drug-likeness (QED) is 0.293. The fourth-order valence-electron chi connectivity index (χ4n) is 4.49. The first-order valence-electron chi connectivity index (χ1n) is 14.0. The Morgan fingerprint density at radius 3 is 2.10 bits per heavy atom. The summed E-state index contributed by atoms with van der Waals surface area (Å²) in [6.45, 7) is 9.22. The summed E-state index contributed by atoms with van der Waals surface area (Å²) in [6, 6.07) is 19.5. The van der Waals surface area contributed by atoms with E-state index < -0.39 is 39.9 Å². The lowest BCUT2D eigenvalue weighted by Crippen LogP contribution is -2.56. The Bertz CT molecular complexity index is 1420. The molecule has 8 nitrogen and oxygen atoms in total. The summed E-state index contributed by atoms with van der Waals surface area (Å²) in [6.07, 6.45) is 0.790. The Morgan fingerprint density at radius 1 is 0.929 bits per heavy atom. The Balaban J connectivity index is 2.01. The fraction of sp³-hybridized carbons (Fsp3) is 0.375. The smallest absolute Gasteiger partial charge is 0.264 e. The normalized spacial score (nSPS) is 12.3. The Hall–Kier alpha value is -3.92. The maximum Gasteiger partial charge on any atom is 0.264 e. The van der Waals surface area contributed by atoms with Crippen LogP contribution in [0.4, 0.5) is 10.1 Å². The van der Waals surface area contributed by atoms with Gasteiger partial charge in [-0.2, -0.15) is 0 Å². The van der Waals surface area contributed by atoms with Crippen molar-refractivity contribution in [1.82, 2.24) is 10.2 Å². The van der Waals surface area contributed by atoms with Crippen LogP contribution in [0.5, 0.6) is 5.75 Å². The number of carbonyl (C=O) groups is 2. The zero-order valence-electron chi connectivity index (χ0n) is 24.8. The van der Waals surface area contributed by atoms with Gasteiger partial charge in [0.2, 0.25) is 11.8 Å². The predicted molar refractivity (Wildman–Crippen MR) is 162 cm³/mol. The molecule has 0 radical (unpaired) electrons. The van der Waals surface area contributed by atoms with Gasteiger partial charge in [-0.25, -0.2) is 12.8 Å². The number of halogens is 1. The maximum absolute atomic E-state index is 14.0. The number of nitrogens with zero attached hydrogens (tertiary/aromatic N) is 2. The van der Waals surface area contributed by atoms with Crippen LogP contribution in [0.2, 0.25) is 0 Å². The van der Waals surface area contributed by atoms with Crippen LogP contribution in [-0.2, 0) is 26.0 Å². The van der Waals surface area contributed by atoms with Crippen molar-refractivity contribution in [2.24, 2.45) is 0 Å². The van der Waals surface area contributed by atoms with Gasteiger partial charge >= 0.3 is 0 Å². The monoisotopic (exact) mass is 597 g/mol. The summed E-state index contributed by atoms with van der Waals surface area (Å²) in [4.78, 5) is 28.8. The van der Waals surface area contributed by atoms with E-state index in [1.165, 1.54) is 41.3 Å². The van der Waals surface area contributed by atoms with E-state index in [9.17, 15) is 22.4 Å². The average molecular weight is 598 g/mol. The first-order chi connectivity index (χ1) is 19.9. The molecule has 0 saturated carbocycles. The van der Waals surface area contributed by atoms with Crippen LogP contribution in [0, 0.1) is 5.82 Å². The van der Waals surface area contributed by atoms with Crippen LogP contribution >= 0.6 is 0 Å². The summed E-state index contributed by atoms with van der Waals surface area (Å²) in [5.41, 5.74) is 0.558. The molecule has 226 valence electrons. The van der Waals surface area contributed by atoms with E-state index in [1.807, 2.05) is 65.0 Å². The van der Waals surface area contributed by atoms with E-state index in [1.54, 1.807) is 0 Å². The highest BCUT2D eigenvalue weighted by atomic mass is 32.2. The van der Waals surface area contributed by atoms with Gasteiger partial charge in [-0.15, -0.1) is 0 Å². The van der Waals surface area contributed by atoms with E-state index in [4.69, 9.17) is 4.74 Å². The summed E-state index contributed by atoms with van der Waals surface area (Å²) in [5, 5.41) is 2.95. The molecular weight excluding hydrogens is 557 g/mol. The Labute approximate surface area is 248 Å². The molecule has 0 saturated heterocycles. The van der Waals surface area contributed by atoms with Crippen molar-refractivity contribution in [3.8, 4) is 5.75 Å². The zero-order valence-corrected chi connectivity index (χ0v) is 25.7. The highest BCUT2D eigenvalue weighted by Crippen LogP contribution is 2.26. The molecule has 0 spiro atoms. The molecule has 10 heteroatoms. The molecule has 0 aliphatic rings. The summed E-state index contributed by atoms with van der Waals surface area (Å²) < 4.78 is 48.1. The molecule has 0 fully saturated rings. The van der Waals surface area contributed by atoms with Gasteiger partial charge in [-0.05, 0) is 94.6 Å². The van der Waals surface area contributed by atoms with Gasteiger partial charge in [-0.3, -0.25) is 13.9 Å². The molecule has 0 aromatic heterocycles. The van der Waals surface area contributed by atoms with Gasteiger partial charge in [0.05, 0.1) is 17.2 Å². The first-order valence-corrected chi connectivity index (χ1v) is 15.5. The minimum Gasteiger partial charge on any atom is -0.494 e. The Kier molecular flexibility index (Phi) is 11.1. The number of anilines is 1. The number of sulfonamides is 1. The van der Waals surface area contributed by atoms with Gasteiger partial charge in [0.25, 0.3) is 10.0 Å². The van der Waals surface area contributed by atoms with E-state index in [-0.39, 0.29) is 23.0 Å². The highest BCUT2D eigenvalue weighted by molar-refractivity contribution is 7.92. The van der Waals surface area contributed by atoms with Crippen LogP contribution < -0.4 is 14.4 Å². The largest absolute Gasteiger partial charge is 0.494 e. The Morgan fingerprint density at radius 2 is 1.55 bits per heavy atom. The third-order valence-corrected chi connectivity index (χ3v) is 8.27. The van der Waals surface area contributed by atoms with Crippen LogP contribution in [0.1, 0.15) is 46.6 Å². The number of ether oxygens (including phenoxy) is 1. The lowest BCUT2D eigenvalue weighted by Gasteiger charge is -2.34.